The predicted octanol–water partition coefficient (Wildman–Crippen LogP) is 1.37. The molecule has 39 heavy (non-hydrogen) atoms. The number of rotatable bonds is 14. The molecule has 0 saturated heterocycles. The van der Waals surface area contributed by atoms with E-state index in [1.54, 1.807) is 13.2 Å². The predicted molar refractivity (Wildman–Crippen MR) is 153 cm³/mol. The van der Waals surface area contributed by atoms with Crippen molar-refractivity contribution < 1.29 is 19.1 Å². The molecule has 2 atom stereocenters. The smallest absolute Gasteiger partial charge is 0.246 e. The topological polar surface area (TPSA) is 166 Å². The molecule has 10 nitrogen and oxygen atoms in total. The fraction of sp³-hybridized carbons (Fsp3) is 0.345. The number of fused-ring (bicyclic) bond motifs is 1. The number of nitrogens with two attached hydrogens (primary N) is 3. The lowest BCUT2D eigenvalue weighted by Crippen LogP contribution is -2.52. The number of hydrogen-bond donors (Lipinski definition) is 5. The van der Waals surface area contributed by atoms with Gasteiger partial charge in [0.25, 0.3) is 0 Å². The van der Waals surface area contributed by atoms with E-state index in [1.807, 2.05) is 60.7 Å². The molecule has 0 aliphatic rings. The first kappa shape index (κ1) is 29.6. The average Bonchev–Trinajstić information content (AvgIpc) is 2.94. The Hall–Kier alpha value is -3.99. The van der Waals surface area contributed by atoms with Gasteiger partial charge in [-0.05, 0) is 29.9 Å². The number of hydrogen-bond acceptors (Lipinski definition) is 7. The van der Waals surface area contributed by atoms with Gasteiger partial charge in [0.05, 0.1) is 19.6 Å². The Bertz CT molecular complexity index is 1250. The second-order valence-electron chi connectivity index (χ2n) is 9.24. The van der Waals surface area contributed by atoms with Gasteiger partial charge in [-0.2, -0.15) is 0 Å². The van der Waals surface area contributed by atoms with E-state index >= 15 is 0 Å². The highest BCUT2D eigenvalue weighted by atomic mass is 16.5. The van der Waals surface area contributed by atoms with Crippen molar-refractivity contribution in [2.75, 3.05) is 38.6 Å². The van der Waals surface area contributed by atoms with Gasteiger partial charge >= 0.3 is 0 Å². The summed E-state index contributed by atoms with van der Waals surface area (Å²) in [5.41, 5.74) is 18.8. The second-order valence-corrected chi connectivity index (χ2v) is 9.24. The van der Waals surface area contributed by atoms with Gasteiger partial charge < -0.3 is 37.5 Å². The molecule has 0 aromatic heterocycles. The highest BCUT2D eigenvalue weighted by molar-refractivity contribution is 6.01. The normalized spacial score (nSPS) is 12.4. The number of carbonyl (C=O) groups excluding carboxylic acids is 3. The Balaban J connectivity index is 1.75. The van der Waals surface area contributed by atoms with Gasteiger partial charge in [-0.3, -0.25) is 14.4 Å². The third kappa shape index (κ3) is 8.51. The molecule has 10 heteroatoms. The first-order chi connectivity index (χ1) is 18.9. The molecule has 3 aromatic rings. The second kappa shape index (κ2) is 14.8. The fourth-order valence-corrected chi connectivity index (χ4v) is 4.33. The molecule has 3 rings (SSSR count). The monoisotopic (exact) mass is 534 g/mol. The van der Waals surface area contributed by atoms with Crippen LogP contribution in [-0.2, 0) is 20.8 Å². The van der Waals surface area contributed by atoms with Gasteiger partial charge in [-0.25, -0.2) is 0 Å². The van der Waals surface area contributed by atoms with Gasteiger partial charge in [0.15, 0.2) is 0 Å². The summed E-state index contributed by atoms with van der Waals surface area (Å²) in [5, 5.41) is 7.48. The van der Waals surface area contributed by atoms with Crippen molar-refractivity contribution in [2.45, 2.75) is 31.3 Å². The van der Waals surface area contributed by atoms with Crippen molar-refractivity contribution in [3.63, 3.8) is 0 Å². The molecular weight excluding hydrogens is 496 g/mol. The number of nitrogens with zero attached hydrogens (tertiary/aromatic N) is 1. The number of nitrogens with one attached hydrogen (secondary N) is 2. The number of anilines is 1. The SMILES string of the molecule is COc1cc(NC(=O)C(CCc2ccccc2)NC(=O)C(N)CC(=O)N(CCN)CCN)cc2ccccc12. The molecule has 2 unspecified atom stereocenters. The summed E-state index contributed by atoms with van der Waals surface area (Å²) in [6, 6.07) is 18.9. The zero-order valence-electron chi connectivity index (χ0n) is 22.3. The van der Waals surface area contributed by atoms with Crippen molar-refractivity contribution >= 4 is 34.2 Å². The van der Waals surface area contributed by atoms with Crippen LogP contribution in [-0.4, -0.2) is 68.0 Å². The van der Waals surface area contributed by atoms with Crippen molar-refractivity contribution in [1.29, 1.82) is 0 Å². The Kier molecular flexibility index (Phi) is 11.2. The highest BCUT2D eigenvalue weighted by Crippen LogP contribution is 2.29. The summed E-state index contributed by atoms with van der Waals surface area (Å²) in [4.78, 5) is 40.6. The third-order valence-electron chi connectivity index (χ3n) is 6.39. The van der Waals surface area contributed by atoms with Crippen LogP contribution in [0.2, 0.25) is 0 Å². The van der Waals surface area contributed by atoms with Gasteiger partial charge in [0.2, 0.25) is 17.7 Å². The quantitative estimate of drug-likeness (QED) is 0.208. The van der Waals surface area contributed by atoms with Gasteiger partial charge in [-0.1, -0.05) is 54.6 Å². The number of methoxy groups -OCH3 is 1. The summed E-state index contributed by atoms with van der Waals surface area (Å²) >= 11 is 0. The van der Waals surface area contributed by atoms with Crippen LogP contribution in [0.4, 0.5) is 5.69 Å². The molecular formula is C29H38N6O4. The van der Waals surface area contributed by atoms with E-state index in [0.717, 1.165) is 16.3 Å². The minimum Gasteiger partial charge on any atom is -0.496 e. The lowest BCUT2D eigenvalue weighted by molar-refractivity contribution is -0.134. The summed E-state index contributed by atoms with van der Waals surface area (Å²) < 4.78 is 5.51. The summed E-state index contributed by atoms with van der Waals surface area (Å²) in [6.07, 6.45) is 0.662. The maximum absolute atomic E-state index is 13.4. The fourth-order valence-electron chi connectivity index (χ4n) is 4.33. The minimum absolute atomic E-state index is 0.221. The van der Waals surface area contributed by atoms with Crippen molar-refractivity contribution in [2.24, 2.45) is 17.2 Å². The standard InChI is InChI=1S/C29H38N6O4/c1-39-26-18-22(17-21-9-5-6-10-23(21)26)33-29(38)25(12-11-20-7-3-2-4-8-20)34-28(37)24(32)19-27(36)35(15-13-30)16-14-31/h2-10,17-18,24-25H,11-16,19,30-32H2,1H3,(H,33,38)(H,34,37). The zero-order chi connectivity index (χ0) is 28.2. The molecule has 8 N–H and O–H groups in total. The molecule has 0 aliphatic carbocycles. The molecule has 0 heterocycles. The molecule has 0 saturated carbocycles. The number of carbonyl (C=O) groups is 3. The molecule has 0 fully saturated rings. The maximum atomic E-state index is 13.4. The number of ether oxygens (including phenoxy) is 1. The Morgan fingerprint density at radius 2 is 1.59 bits per heavy atom. The molecule has 3 aromatic carbocycles. The van der Waals surface area contributed by atoms with Gasteiger partial charge in [0.1, 0.15) is 11.8 Å². The largest absolute Gasteiger partial charge is 0.496 e. The number of benzene rings is 3. The van der Waals surface area contributed by atoms with Crippen LogP contribution < -0.4 is 32.6 Å². The van der Waals surface area contributed by atoms with E-state index in [4.69, 9.17) is 21.9 Å². The van der Waals surface area contributed by atoms with E-state index in [2.05, 4.69) is 10.6 Å². The van der Waals surface area contributed by atoms with E-state index < -0.39 is 23.9 Å². The van der Waals surface area contributed by atoms with Crippen LogP contribution in [0.3, 0.4) is 0 Å². The molecule has 208 valence electrons. The van der Waals surface area contributed by atoms with Crippen molar-refractivity contribution in [3.8, 4) is 5.75 Å². The van der Waals surface area contributed by atoms with Crippen LogP contribution in [0.25, 0.3) is 10.8 Å². The molecule has 0 radical (unpaired) electrons. The number of amides is 3. The molecule has 0 aliphatic heterocycles. The van der Waals surface area contributed by atoms with Crippen LogP contribution in [0.5, 0.6) is 5.75 Å². The Labute approximate surface area is 228 Å². The number of aryl methyl sites for hydroxylation is 1. The van der Waals surface area contributed by atoms with Crippen molar-refractivity contribution in [3.05, 3.63) is 72.3 Å². The van der Waals surface area contributed by atoms with Crippen molar-refractivity contribution in [1.82, 2.24) is 10.2 Å². The molecule has 0 bridgehead atoms. The lowest BCUT2D eigenvalue weighted by atomic mass is 10.0. The Morgan fingerprint density at radius 3 is 2.26 bits per heavy atom. The zero-order valence-corrected chi connectivity index (χ0v) is 22.3. The van der Waals surface area contributed by atoms with Crippen LogP contribution in [0, 0.1) is 0 Å². The van der Waals surface area contributed by atoms with E-state index in [-0.39, 0.29) is 25.4 Å². The van der Waals surface area contributed by atoms with E-state index in [1.165, 1.54) is 4.90 Å². The first-order valence-corrected chi connectivity index (χ1v) is 13.0. The summed E-state index contributed by atoms with van der Waals surface area (Å²) in [6.45, 7) is 1.19. The lowest BCUT2D eigenvalue weighted by Gasteiger charge is -2.24. The third-order valence-corrected chi connectivity index (χ3v) is 6.39. The van der Waals surface area contributed by atoms with E-state index in [0.29, 0.717) is 37.4 Å². The van der Waals surface area contributed by atoms with Crippen LogP contribution in [0.15, 0.2) is 66.7 Å². The summed E-state index contributed by atoms with van der Waals surface area (Å²) in [5.74, 6) is -0.688. The van der Waals surface area contributed by atoms with Crippen LogP contribution >= 0.6 is 0 Å². The van der Waals surface area contributed by atoms with Gasteiger partial charge in [-0.15, -0.1) is 0 Å². The highest BCUT2D eigenvalue weighted by Gasteiger charge is 2.26. The van der Waals surface area contributed by atoms with Gasteiger partial charge in [0, 0.05) is 43.3 Å². The summed E-state index contributed by atoms with van der Waals surface area (Å²) in [7, 11) is 1.57. The average molecular weight is 535 g/mol. The first-order valence-electron chi connectivity index (χ1n) is 13.0. The van der Waals surface area contributed by atoms with E-state index in [9.17, 15) is 14.4 Å². The minimum atomic E-state index is -1.14. The van der Waals surface area contributed by atoms with Crippen LogP contribution in [0.1, 0.15) is 18.4 Å². The molecule has 3 amide bonds. The maximum Gasteiger partial charge on any atom is 0.246 e. The molecule has 0 spiro atoms. The Morgan fingerprint density at radius 1 is 0.923 bits per heavy atom.